The first kappa shape index (κ1) is 20.5. The van der Waals surface area contributed by atoms with Gasteiger partial charge in [0, 0.05) is 29.9 Å². The second-order valence-electron chi connectivity index (χ2n) is 10.4. The van der Waals surface area contributed by atoms with E-state index in [0.717, 1.165) is 50.9 Å². The molecule has 0 saturated heterocycles. The third-order valence-corrected chi connectivity index (χ3v) is 8.09. The lowest BCUT2D eigenvalue weighted by Gasteiger charge is -2.45. The summed E-state index contributed by atoms with van der Waals surface area (Å²) in [5, 5.41) is 6.73. The topological polar surface area (TPSA) is 49.8 Å². The number of nitrogens with one attached hydrogen (secondary N) is 2. The van der Waals surface area contributed by atoms with Gasteiger partial charge in [-0.15, -0.1) is 0 Å². The highest BCUT2D eigenvalue weighted by Gasteiger charge is 2.48. The molecule has 5 aliphatic carbocycles. The summed E-state index contributed by atoms with van der Waals surface area (Å²) in [5.41, 5.74) is -0.755. The zero-order valence-corrected chi connectivity index (χ0v) is 17.6. The minimum Gasteiger partial charge on any atom is -0.349 e. The molecule has 1 heterocycles. The number of rotatable bonds is 5. The van der Waals surface area contributed by atoms with Gasteiger partial charge in [0.25, 0.3) is 0 Å². The van der Waals surface area contributed by atoms with E-state index in [0.29, 0.717) is 17.9 Å². The summed E-state index contributed by atoms with van der Waals surface area (Å²) in [4.78, 5) is 8.39. The van der Waals surface area contributed by atoms with Crippen LogP contribution in [0.1, 0.15) is 88.3 Å². The Balaban J connectivity index is 1.34. The van der Waals surface area contributed by atoms with Crippen LogP contribution in [0.4, 0.5) is 19.1 Å². The van der Waals surface area contributed by atoms with Crippen molar-refractivity contribution >= 4 is 5.95 Å². The molecule has 0 aliphatic heterocycles. The summed E-state index contributed by atoms with van der Waals surface area (Å²) in [6, 6.07) is 0.299. The van der Waals surface area contributed by atoms with Crippen LogP contribution in [0.15, 0.2) is 6.20 Å². The molecule has 166 valence electrons. The highest BCUT2D eigenvalue weighted by atomic mass is 19.4. The zero-order chi connectivity index (χ0) is 20.8. The number of alkyl halides is 3. The third kappa shape index (κ3) is 4.32. The van der Waals surface area contributed by atoms with E-state index >= 15 is 0 Å². The molecule has 2 N–H and O–H groups in total. The lowest BCUT2D eigenvalue weighted by atomic mass is 9.65. The Bertz CT molecular complexity index is 745. The van der Waals surface area contributed by atoms with Crippen molar-refractivity contribution < 1.29 is 13.2 Å². The van der Waals surface area contributed by atoms with Gasteiger partial charge in [0.15, 0.2) is 5.69 Å². The number of fused-ring (bicyclic) bond motifs is 1. The predicted molar refractivity (Wildman–Crippen MR) is 110 cm³/mol. The average Bonchev–Trinajstić information content (AvgIpc) is 2.90. The second-order valence-corrected chi connectivity index (χ2v) is 10.4. The van der Waals surface area contributed by atoms with Crippen molar-refractivity contribution in [1.29, 1.82) is 0 Å². The van der Waals surface area contributed by atoms with E-state index in [4.69, 9.17) is 0 Å². The molecule has 2 unspecified atom stereocenters. The van der Waals surface area contributed by atoms with Gasteiger partial charge in [-0.2, -0.15) is 13.2 Å². The number of hydrogen-bond acceptors (Lipinski definition) is 4. The molecule has 2 atom stereocenters. The number of aromatic nitrogens is 2. The Labute approximate surface area is 176 Å². The summed E-state index contributed by atoms with van der Waals surface area (Å²) >= 11 is 0. The molecule has 6 rings (SSSR count). The van der Waals surface area contributed by atoms with Crippen molar-refractivity contribution in [3.8, 4) is 0 Å². The van der Waals surface area contributed by atoms with Gasteiger partial charge in [0.2, 0.25) is 5.95 Å². The summed E-state index contributed by atoms with van der Waals surface area (Å²) in [5.74, 6) is 2.38. The molecule has 30 heavy (non-hydrogen) atoms. The molecule has 0 amide bonds. The molecule has 0 radical (unpaired) electrons. The SMILES string of the molecule is FC(F)(F)c1nc(NC23CCC4CC(CC(C4)C2)C3)ncc1CNC1CCCCC1. The normalized spacial score (nSPS) is 34.2. The Hall–Kier alpha value is -1.37. The molecule has 4 nitrogen and oxygen atoms in total. The zero-order valence-electron chi connectivity index (χ0n) is 17.6. The lowest BCUT2D eigenvalue weighted by molar-refractivity contribution is -0.141. The van der Waals surface area contributed by atoms with Crippen LogP contribution >= 0.6 is 0 Å². The van der Waals surface area contributed by atoms with Gasteiger partial charge in [-0.25, -0.2) is 9.97 Å². The smallest absolute Gasteiger partial charge is 0.349 e. The molecule has 4 bridgehead atoms. The van der Waals surface area contributed by atoms with Gasteiger partial charge in [-0.3, -0.25) is 0 Å². The molecule has 7 heteroatoms. The maximum Gasteiger partial charge on any atom is 0.433 e. The number of anilines is 1. The number of hydrogen-bond donors (Lipinski definition) is 2. The fraction of sp³-hybridized carbons (Fsp3) is 0.826. The Morgan fingerprint density at radius 2 is 1.67 bits per heavy atom. The van der Waals surface area contributed by atoms with Crippen LogP contribution in [-0.4, -0.2) is 21.5 Å². The van der Waals surface area contributed by atoms with Crippen molar-refractivity contribution in [1.82, 2.24) is 15.3 Å². The van der Waals surface area contributed by atoms with Crippen molar-refractivity contribution in [3.05, 3.63) is 17.5 Å². The maximum atomic E-state index is 13.8. The van der Waals surface area contributed by atoms with E-state index < -0.39 is 11.9 Å². The highest BCUT2D eigenvalue weighted by Crippen LogP contribution is 2.53. The Morgan fingerprint density at radius 3 is 2.37 bits per heavy atom. The fourth-order valence-corrected chi connectivity index (χ4v) is 6.95. The molecule has 5 fully saturated rings. The van der Waals surface area contributed by atoms with Gasteiger partial charge >= 0.3 is 6.18 Å². The van der Waals surface area contributed by atoms with Crippen molar-refractivity contribution in [2.24, 2.45) is 17.8 Å². The van der Waals surface area contributed by atoms with E-state index in [1.165, 1.54) is 38.3 Å². The third-order valence-electron chi connectivity index (χ3n) is 8.09. The first-order valence-electron chi connectivity index (χ1n) is 11.8. The molecular weight excluding hydrogens is 389 g/mol. The minimum absolute atomic E-state index is 0.121. The van der Waals surface area contributed by atoms with Gasteiger partial charge in [0.05, 0.1) is 0 Å². The van der Waals surface area contributed by atoms with Crippen LogP contribution in [0.3, 0.4) is 0 Å². The van der Waals surface area contributed by atoms with Crippen LogP contribution < -0.4 is 10.6 Å². The maximum absolute atomic E-state index is 13.8. The molecule has 1 aromatic rings. The van der Waals surface area contributed by atoms with E-state index in [2.05, 4.69) is 20.6 Å². The van der Waals surface area contributed by atoms with E-state index in [1.807, 2.05) is 0 Å². The van der Waals surface area contributed by atoms with Crippen molar-refractivity contribution in [3.63, 3.8) is 0 Å². The van der Waals surface area contributed by atoms with Gasteiger partial charge in [0.1, 0.15) is 0 Å². The number of nitrogens with zero attached hydrogens (tertiary/aromatic N) is 2. The van der Waals surface area contributed by atoms with Crippen LogP contribution in [0.5, 0.6) is 0 Å². The quantitative estimate of drug-likeness (QED) is 0.640. The predicted octanol–water partition coefficient (Wildman–Crippen LogP) is 5.69. The molecule has 5 saturated carbocycles. The van der Waals surface area contributed by atoms with E-state index in [-0.39, 0.29) is 23.6 Å². The molecule has 0 spiro atoms. The summed E-state index contributed by atoms with van der Waals surface area (Å²) < 4.78 is 41.4. The fourth-order valence-electron chi connectivity index (χ4n) is 6.95. The Morgan fingerprint density at radius 1 is 0.967 bits per heavy atom. The molecular formula is C23H33F3N4. The van der Waals surface area contributed by atoms with Crippen LogP contribution in [0.25, 0.3) is 0 Å². The van der Waals surface area contributed by atoms with Gasteiger partial charge in [-0.1, -0.05) is 19.3 Å². The van der Waals surface area contributed by atoms with Crippen LogP contribution in [-0.2, 0) is 12.7 Å². The van der Waals surface area contributed by atoms with E-state index in [1.54, 1.807) is 0 Å². The first-order valence-corrected chi connectivity index (χ1v) is 11.8. The lowest BCUT2D eigenvalue weighted by Crippen LogP contribution is -2.45. The van der Waals surface area contributed by atoms with Crippen LogP contribution in [0.2, 0.25) is 0 Å². The Kier molecular flexibility index (Phi) is 5.44. The van der Waals surface area contributed by atoms with Crippen molar-refractivity contribution in [2.75, 3.05) is 5.32 Å². The first-order chi connectivity index (χ1) is 14.4. The standard InChI is InChI=1S/C23H33F3N4/c24-23(25,26)20-18(13-27-19-4-2-1-3-5-19)14-28-21(29-20)30-22-7-6-15-8-16(11-22)10-17(9-15)12-22/h14-17,19,27H,1-13H2,(H,28,29,30). The average molecular weight is 423 g/mol. The minimum atomic E-state index is -4.47. The van der Waals surface area contributed by atoms with Gasteiger partial charge < -0.3 is 10.6 Å². The largest absolute Gasteiger partial charge is 0.433 e. The highest BCUT2D eigenvalue weighted by molar-refractivity contribution is 5.35. The summed E-state index contributed by atoms with van der Waals surface area (Å²) in [6.45, 7) is 0.177. The van der Waals surface area contributed by atoms with Gasteiger partial charge in [-0.05, 0) is 75.5 Å². The summed E-state index contributed by atoms with van der Waals surface area (Å²) in [6.07, 6.45) is 10.7. The molecule has 1 aromatic heterocycles. The second kappa shape index (κ2) is 7.95. The van der Waals surface area contributed by atoms with E-state index in [9.17, 15) is 13.2 Å². The van der Waals surface area contributed by atoms with Crippen LogP contribution in [0, 0.1) is 17.8 Å². The summed E-state index contributed by atoms with van der Waals surface area (Å²) in [7, 11) is 0. The molecule has 5 aliphatic rings. The monoisotopic (exact) mass is 422 g/mol. The molecule has 0 aromatic carbocycles. The van der Waals surface area contributed by atoms with Crippen molar-refractivity contribution in [2.45, 2.75) is 101 Å². The number of halogens is 3.